The lowest BCUT2D eigenvalue weighted by molar-refractivity contribution is -0.146. The third-order valence-corrected chi connectivity index (χ3v) is 8.46. The SMILES string of the molecule is COC(=O)[C@H](Cc1ccc(OC)cc1)N(N)/C=C(\N)[C@@H](C)NS(=O)(=O)c1ccc(-c2ccccn2)s1. The van der Waals surface area contributed by atoms with Crippen LogP contribution in [0.15, 0.2) is 76.9 Å². The minimum atomic E-state index is -3.87. The van der Waals surface area contributed by atoms with Gasteiger partial charge in [-0.05, 0) is 48.9 Å². The fourth-order valence-electron chi connectivity index (χ4n) is 3.27. The molecule has 2 atom stereocenters. The molecule has 0 bridgehead atoms. The van der Waals surface area contributed by atoms with Crippen molar-refractivity contribution in [2.75, 3.05) is 14.2 Å². The van der Waals surface area contributed by atoms with Crippen LogP contribution in [-0.2, 0) is 26.0 Å². The standard InChI is InChI=1S/C24H29N5O5S2/c1-16(28-36(31,32)23-12-11-22(35-23)20-6-4-5-13-27-20)19(25)15-29(26)21(24(30)34-3)14-17-7-9-18(33-2)10-8-17/h4-13,15-16,21,28H,14,25-26H2,1-3H3/b19-15-/t16-,21+/m1/s1. The van der Waals surface area contributed by atoms with Gasteiger partial charge in [-0.25, -0.2) is 23.8 Å². The molecular weight excluding hydrogens is 502 g/mol. The Morgan fingerprint density at radius 3 is 2.50 bits per heavy atom. The van der Waals surface area contributed by atoms with E-state index in [9.17, 15) is 13.2 Å². The first kappa shape index (κ1) is 27.1. The van der Waals surface area contributed by atoms with Crippen molar-refractivity contribution >= 4 is 27.3 Å². The minimum Gasteiger partial charge on any atom is -0.497 e. The van der Waals surface area contributed by atoms with Gasteiger partial charge in [-0.2, -0.15) is 0 Å². The van der Waals surface area contributed by atoms with E-state index in [1.807, 2.05) is 18.2 Å². The highest BCUT2D eigenvalue weighted by atomic mass is 32.2. The lowest BCUT2D eigenvalue weighted by atomic mass is 10.1. The molecule has 2 aromatic heterocycles. The van der Waals surface area contributed by atoms with Crippen molar-refractivity contribution in [1.29, 1.82) is 0 Å². The van der Waals surface area contributed by atoms with Crippen LogP contribution in [-0.4, -0.2) is 50.7 Å². The first-order valence-corrected chi connectivity index (χ1v) is 13.2. The topological polar surface area (TPSA) is 150 Å². The molecule has 0 unspecified atom stereocenters. The molecule has 0 aliphatic heterocycles. The molecule has 3 rings (SSSR count). The average Bonchev–Trinajstić information content (AvgIpc) is 3.39. The van der Waals surface area contributed by atoms with E-state index in [0.29, 0.717) is 11.4 Å². The van der Waals surface area contributed by atoms with Gasteiger partial charge in [-0.15, -0.1) is 11.3 Å². The number of nitrogens with zero attached hydrogens (tertiary/aromatic N) is 2. The second-order valence-corrected chi connectivity index (χ2v) is 10.9. The summed E-state index contributed by atoms with van der Waals surface area (Å²) in [5.41, 5.74) is 7.77. The van der Waals surface area contributed by atoms with E-state index in [4.69, 9.17) is 21.1 Å². The van der Waals surface area contributed by atoms with Crippen molar-refractivity contribution in [3.05, 3.63) is 78.3 Å². The molecule has 2 heterocycles. The second-order valence-electron chi connectivity index (χ2n) is 7.84. The molecule has 36 heavy (non-hydrogen) atoms. The Labute approximate surface area is 214 Å². The van der Waals surface area contributed by atoms with Crippen LogP contribution in [0.3, 0.4) is 0 Å². The van der Waals surface area contributed by atoms with Crippen LogP contribution in [0, 0.1) is 0 Å². The van der Waals surface area contributed by atoms with Crippen LogP contribution >= 0.6 is 11.3 Å². The van der Waals surface area contributed by atoms with Crippen LogP contribution in [0.25, 0.3) is 10.6 Å². The number of carbonyl (C=O) groups is 1. The zero-order chi connectivity index (χ0) is 26.3. The number of aromatic nitrogens is 1. The Balaban J connectivity index is 1.72. The quantitative estimate of drug-likeness (QED) is 0.192. The monoisotopic (exact) mass is 531 g/mol. The third-order valence-electron chi connectivity index (χ3n) is 5.31. The van der Waals surface area contributed by atoms with E-state index in [1.54, 1.807) is 50.6 Å². The Hall–Kier alpha value is -3.45. The molecule has 0 aliphatic rings. The number of pyridine rings is 1. The van der Waals surface area contributed by atoms with Crippen LogP contribution < -0.4 is 21.0 Å². The maximum Gasteiger partial charge on any atom is 0.330 e. The summed E-state index contributed by atoms with van der Waals surface area (Å²) in [5.74, 6) is 6.27. The Kier molecular flexibility index (Phi) is 9.04. The Morgan fingerprint density at radius 2 is 1.89 bits per heavy atom. The number of nitrogens with two attached hydrogens (primary N) is 2. The molecule has 0 radical (unpaired) electrons. The van der Waals surface area contributed by atoms with Crippen LogP contribution in [0.2, 0.25) is 0 Å². The van der Waals surface area contributed by atoms with Gasteiger partial charge in [-0.3, -0.25) is 4.98 Å². The number of ether oxygens (including phenoxy) is 2. The summed E-state index contributed by atoms with van der Waals surface area (Å²) in [7, 11) is -1.04. The van der Waals surface area contributed by atoms with E-state index in [1.165, 1.54) is 19.4 Å². The van der Waals surface area contributed by atoms with Crippen LogP contribution in [0.1, 0.15) is 12.5 Å². The third kappa shape index (κ3) is 6.82. The van der Waals surface area contributed by atoms with Gasteiger partial charge >= 0.3 is 5.97 Å². The summed E-state index contributed by atoms with van der Waals surface area (Å²) >= 11 is 1.10. The Morgan fingerprint density at radius 1 is 1.17 bits per heavy atom. The minimum absolute atomic E-state index is 0.117. The van der Waals surface area contributed by atoms with Gasteiger partial charge in [0.2, 0.25) is 0 Å². The van der Waals surface area contributed by atoms with Crippen molar-refractivity contribution in [2.24, 2.45) is 11.6 Å². The normalized spacial score (nSPS) is 13.6. The van der Waals surface area contributed by atoms with Crippen molar-refractivity contribution in [1.82, 2.24) is 14.7 Å². The molecule has 0 saturated carbocycles. The zero-order valence-electron chi connectivity index (χ0n) is 20.1. The van der Waals surface area contributed by atoms with E-state index in [-0.39, 0.29) is 16.3 Å². The van der Waals surface area contributed by atoms with Gasteiger partial charge in [0.1, 0.15) is 16.0 Å². The number of sulfonamides is 1. The molecule has 10 nitrogen and oxygen atoms in total. The van der Waals surface area contributed by atoms with E-state index >= 15 is 0 Å². The van der Waals surface area contributed by atoms with Crippen molar-refractivity contribution in [2.45, 2.75) is 29.6 Å². The summed E-state index contributed by atoms with van der Waals surface area (Å²) in [6.07, 6.45) is 3.21. The van der Waals surface area contributed by atoms with Crippen molar-refractivity contribution < 1.29 is 22.7 Å². The summed E-state index contributed by atoms with van der Waals surface area (Å²) in [6, 6.07) is 14.1. The number of thiophene rings is 1. The molecule has 0 aliphatic carbocycles. The van der Waals surface area contributed by atoms with Crippen LogP contribution in [0.4, 0.5) is 0 Å². The molecule has 1 aromatic carbocycles. The molecule has 0 amide bonds. The molecule has 0 fully saturated rings. The number of rotatable bonds is 11. The fraction of sp³-hybridized carbons (Fsp3) is 0.250. The number of nitrogens with one attached hydrogen (secondary N) is 1. The summed E-state index contributed by atoms with van der Waals surface area (Å²) in [4.78, 5) is 17.4. The maximum atomic E-state index is 12.9. The summed E-state index contributed by atoms with van der Waals surface area (Å²) in [5, 5.41) is 1.13. The van der Waals surface area contributed by atoms with Gasteiger partial charge in [0.25, 0.3) is 10.0 Å². The predicted octanol–water partition coefficient (Wildman–Crippen LogP) is 2.25. The number of methoxy groups -OCH3 is 2. The highest BCUT2D eigenvalue weighted by Crippen LogP contribution is 2.29. The number of hydrogen-bond acceptors (Lipinski definition) is 10. The first-order chi connectivity index (χ1) is 17.1. The lowest BCUT2D eigenvalue weighted by Gasteiger charge is -2.26. The molecular formula is C24H29N5O5S2. The van der Waals surface area contributed by atoms with Crippen LogP contribution in [0.5, 0.6) is 5.75 Å². The number of hydrazine groups is 1. The molecule has 0 spiro atoms. The number of hydrogen-bond donors (Lipinski definition) is 3. The molecule has 192 valence electrons. The van der Waals surface area contributed by atoms with Gasteiger partial charge in [-0.1, -0.05) is 18.2 Å². The molecule has 3 aromatic rings. The average molecular weight is 532 g/mol. The fourth-order valence-corrected chi connectivity index (χ4v) is 5.81. The van der Waals surface area contributed by atoms with Gasteiger partial charge < -0.3 is 20.2 Å². The summed E-state index contributed by atoms with van der Waals surface area (Å²) in [6.45, 7) is 1.58. The van der Waals surface area contributed by atoms with E-state index in [0.717, 1.165) is 26.8 Å². The van der Waals surface area contributed by atoms with E-state index in [2.05, 4.69) is 9.71 Å². The lowest BCUT2D eigenvalue weighted by Crippen LogP contribution is -2.46. The van der Waals surface area contributed by atoms with Gasteiger partial charge in [0.15, 0.2) is 0 Å². The maximum absolute atomic E-state index is 12.9. The summed E-state index contributed by atoms with van der Waals surface area (Å²) < 4.78 is 38.6. The largest absolute Gasteiger partial charge is 0.497 e. The van der Waals surface area contributed by atoms with Crippen molar-refractivity contribution in [3.63, 3.8) is 0 Å². The Bertz CT molecular complexity index is 1290. The zero-order valence-corrected chi connectivity index (χ0v) is 21.8. The smallest absolute Gasteiger partial charge is 0.330 e. The highest BCUT2D eigenvalue weighted by Gasteiger charge is 2.26. The molecule has 0 saturated heterocycles. The second kappa shape index (κ2) is 12.0. The van der Waals surface area contributed by atoms with Gasteiger partial charge in [0.05, 0.1) is 30.8 Å². The molecule has 5 N–H and O–H groups in total. The predicted molar refractivity (Wildman–Crippen MR) is 138 cm³/mol. The first-order valence-electron chi connectivity index (χ1n) is 10.9. The highest BCUT2D eigenvalue weighted by molar-refractivity contribution is 7.91. The van der Waals surface area contributed by atoms with E-state index < -0.39 is 28.1 Å². The number of esters is 1. The number of carbonyl (C=O) groups excluding carboxylic acids is 1. The molecule has 12 heteroatoms. The van der Waals surface area contributed by atoms with Crippen molar-refractivity contribution in [3.8, 4) is 16.3 Å². The number of benzene rings is 1. The van der Waals surface area contributed by atoms with Gasteiger partial charge in [0, 0.05) is 24.5 Å².